The van der Waals surface area contributed by atoms with Crippen LogP contribution in [0.15, 0.2) is 18.2 Å². The van der Waals surface area contributed by atoms with E-state index >= 15 is 0 Å². The second-order valence-corrected chi connectivity index (χ2v) is 5.36. The van der Waals surface area contributed by atoms with Crippen LogP contribution in [-0.4, -0.2) is 30.4 Å². The van der Waals surface area contributed by atoms with E-state index in [0.29, 0.717) is 5.92 Å². The molecule has 1 unspecified atom stereocenters. The Morgan fingerprint density at radius 1 is 1.24 bits per heavy atom. The topological polar surface area (TPSA) is 45.2 Å². The highest BCUT2D eigenvalue weighted by atomic mass is 16.5. The standard InChI is InChI=1S/C15H21NO.C3H8O/c1-4-12(8-9-17)15-11(3)13-7-5-6-10(2)14(13)16-15;1-3-4-2/h5-7,12,16-17H,4,8-9H2,1-3H3;3H2,1-2H3. The molecule has 0 saturated carbocycles. The highest BCUT2D eigenvalue weighted by molar-refractivity contribution is 5.87. The van der Waals surface area contributed by atoms with Gasteiger partial charge < -0.3 is 14.8 Å². The Kier molecular flexibility index (Phi) is 7.48. The van der Waals surface area contributed by atoms with Crippen LogP contribution in [0.25, 0.3) is 10.9 Å². The minimum absolute atomic E-state index is 0.256. The quantitative estimate of drug-likeness (QED) is 0.862. The number of rotatable bonds is 5. The van der Waals surface area contributed by atoms with Crippen LogP contribution in [-0.2, 0) is 4.74 Å². The molecule has 1 aromatic carbocycles. The van der Waals surface area contributed by atoms with Gasteiger partial charge in [-0.25, -0.2) is 0 Å². The lowest BCUT2D eigenvalue weighted by Crippen LogP contribution is -2.02. The van der Waals surface area contributed by atoms with E-state index in [2.05, 4.69) is 48.7 Å². The summed E-state index contributed by atoms with van der Waals surface area (Å²) in [7, 11) is 1.68. The molecule has 0 aliphatic carbocycles. The fourth-order valence-electron chi connectivity index (χ4n) is 2.64. The number of nitrogens with one attached hydrogen (secondary N) is 1. The lowest BCUT2D eigenvalue weighted by atomic mass is 9.95. The van der Waals surface area contributed by atoms with Crippen molar-refractivity contribution in [1.29, 1.82) is 0 Å². The van der Waals surface area contributed by atoms with Crippen LogP contribution in [0.4, 0.5) is 0 Å². The first kappa shape index (κ1) is 17.7. The Hall–Kier alpha value is -1.32. The van der Waals surface area contributed by atoms with Crippen molar-refractivity contribution in [2.45, 2.75) is 46.5 Å². The zero-order valence-corrected chi connectivity index (χ0v) is 14.0. The molecule has 0 aliphatic heterocycles. The van der Waals surface area contributed by atoms with Gasteiger partial charge in [-0.05, 0) is 44.7 Å². The molecule has 0 bridgehead atoms. The molecule has 2 N–H and O–H groups in total. The number of aromatic nitrogens is 1. The second-order valence-electron chi connectivity index (χ2n) is 5.36. The maximum absolute atomic E-state index is 9.14. The van der Waals surface area contributed by atoms with E-state index in [9.17, 15) is 0 Å². The van der Waals surface area contributed by atoms with Crippen molar-refractivity contribution in [3.63, 3.8) is 0 Å². The zero-order valence-electron chi connectivity index (χ0n) is 14.0. The predicted molar refractivity (Wildman–Crippen MR) is 90.1 cm³/mol. The largest absolute Gasteiger partial charge is 0.396 e. The lowest BCUT2D eigenvalue weighted by Gasteiger charge is -2.12. The molecule has 0 aliphatic rings. The van der Waals surface area contributed by atoms with E-state index < -0.39 is 0 Å². The van der Waals surface area contributed by atoms with Crippen LogP contribution >= 0.6 is 0 Å². The van der Waals surface area contributed by atoms with Gasteiger partial charge in [0.15, 0.2) is 0 Å². The number of benzene rings is 1. The molecule has 0 spiro atoms. The lowest BCUT2D eigenvalue weighted by molar-refractivity contribution is 0.215. The van der Waals surface area contributed by atoms with Crippen LogP contribution in [0.3, 0.4) is 0 Å². The third-order valence-electron chi connectivity index (χ3n) is 4.01. The van der Waals surface area contributed by atoms with Gasteiger partial charge in [0.1, 0.15) is 0 Å². The number of aromatic amines is 1. The van der Waals surface area contributed by atoms with E-state index in [1.54, 1.807) is 7.11 Å². The molecule has 0 saturated heterocycles. The number of fused-ring (bicyclic) bond motifs is 1. The summed E-state index contributed by atoms with van der Waals surface area (Å²) < 4.78 is 4.54. The Labute approximate surface area is 128 Å². The third-order valence-corrected chi connectivity index (χ3v) is 4.01. The predicted octanol–water partition coefficient (Wildman–Crippen LogP) is 4.31. The maximum Gasteiger partial charge on any atom is 0.0488 e. The van der Waals surface area contributed by atoms with Gasteiger partial charge in [-0.3, -0.25) is 0 Å². The van der Waals surface area contributed by atoms with Crippen LogP contribution in [0, 0.1) is 13.8 Å². The van der Waals surface area contributed by atoms with E-state index in [-0.39, 0.29) is 6.61 Å². The van der Waals surface area contributed by atoms with Gasteiger partial charge in [-0.1, -0.05) is 25.1 Å². The van der Waals surface area contributed by atoms with Crippen LogP contribution in [0.5, 0.6) is 0 Å². The van der Waals surface area contributed by atoms with E-state index in [1.807, 2.05) is 6.92 Å². The molecule has 1 atom stereocenters. The molecule has 2 rings (SSSR count). The summed E-state index contributed by atoms with van der Waals surface area (Å²) >= 11 is 0. The summed E-state index contributed by atoms with van der Waals surface area (Å²) in [5.41, 5.74) is 5.17. The van der Waals surface area contributed by atoms with Crippen molar-refractivity contribution in [2.24, 2.45) is 0 Å². The summed E-state index contributed by atoms with van der Waals surface area (Å²) in [5, 5.41) is 10.5. The van der Waals surface area contributed by atoms with Crippen LogP contribution in [0.1, 0.15) is 49.4 Å². The van der Waals surface area contributed by atoms with Crippen molar-refractivity contribution in [3.05, 3.63) is 35.0 Å². The molecule has 0 amide bonds. The van der Waals surface area contributed by atoms with Gasteiger partial charge in [0.25, 0.3) is 0 Å². The number of methoxy groups -OCH3 is 1. The highest BCUT2D eigenvalue weighted by Gasteiger charge is 2.16. The Morgan fingerprint density at radius 2 is 1.90 bits per heavy atom. The highest BCUT2D eigenvalue weighted by Crippen LogP contribution is 2.31. The molecule has 3 heteroatoms. The van der Waals surface area contributed by atoms with E-state index in [1.165, 1.54) is 27.7 Å². The molecule has 3 nitrogen and oxygen atoms in total. The molecule has 21 heavy (non-hydrogen) atoms. The first-order chi connectivity index (χ1) is 10.1. The fourth-order valence-corrected chi connectivity index (χ4v) is 2.64. The van der Waals surface area contributed by atoms with Gasteiger partial charge in [0.2, 0.25) is 0 Å². The van der Waals surface area contributed by atoms with E-state index in [4.69, 9.17) is 5.11 Å². The number of hydrogen-bond donors (Lipinski definition) is 2. The minimum atomic E-state index is 0.256. The summed E-state index contributed by atoms with van der Waals surface area (Å²) in [6.07, 6.45) is 1.90. The Balaban J connectivity index is 0.000000491. The third kappa shape index (κ3) is 4.32. The molecule has 1 heterocycles. The molecular formula is C18H29NO2. The van der Waals surface area contributed by atoms with Crippen LogP contribution < -0.4 is 0 Å². The summed E-state index contributed by atoms with van der Waals surface area (Å²) in [4.78, 5) is 3.56. The van der Waals surface area contributed by atoms with Gasteiger partial charge in [-0.2, -0.15) is 0 Å². The molecule has 0 fully saturated rings. The molecule has 118 valence electrons. The van der Waals surface area contributed by atoms with Crippen LogP contribution in [0.2, 0.25) is 0 Å². The van der Waals surface area contributed by atoms with Crippen molar-refractivity contribution in [2.75, 3.05) is 20.3 Å². The van der Waals surface area contributed by atoms with E-state index in [0.717, 1.165) is 19.4 Å². The smallest absolute Gasteiger partial charge is 0.0488 e. The summed E-state index contributed by atoms with van der Waals surface area (Å²) in [6.45, 7) is 9.52. The maximum atomic E-state index is 9.14. The van der Waals surface area contributed by atoms with Crippen molar-refractivity contribution in [3.8, 4) is 0 Å². The number of H-pyrrole nitrogens is 1. The number of aliphatic hydroxyl groups excluding tert-OH is 1. The molecular weight excluding hydrogens is 262 g/mol. The summed E-state index contributed by atoms with van der Waals surface area (Å²) in [6, 6.07) is 6.41. The molecule has 2 aromatic rings. The zero-order chi connectivity index (χ0) is 15.8. The first-order valence-electron chi connectivity index (χ1n) is 7.78. The second kappa shape index (κ2) is 8.85. The number of aryl methyl sites for hydroxylation is 2. The van der Waals surface area contributed by atoms with Gasteiger partial charge in [0.05, 0.1) is 0 Å². The average Bonchev–Trinajstić information content (AvgIpc) is 2.84. The normalized spacial score (nSPS) is 12.1. The summed E-state index contributed by atoms with van der Waals surface area (Å²) in [5.74, 6) is 0.437. The molecule has 0 radical (unpaired) electrons. The SMILES string of the molecule is CCC(CCO)c1[nH]c2c(C)cccc2c1C.CCOC. The van der Waals surface area contributed by atoms with Crippen molar-refractivity contribution < 1.29 is 9.84 Å². The number of para-hydroxylation sites is 1. The monoisotopic (exact) mass is 291 g/mol. The van der Waals surface area contributed by atoms with Gasteiger partial charge in [-0.15, -0.1) is 0 Å². The Bertz CT molecular complexity index is 543. The van der Waals surface area contributed by atoms with Gasteiger partial charge >= 0.3 is 0 Å². The number of hydrogen-bond acceptors (Lipinski definition) is 2. The fraction of sp³-hybridized carbons (Fsp3) is 0.556. The van der Waals surface area contributed by atoms with Gasteiger partial charge in [0, 0.05) is 42.8 Å². The van der Waals surface area contributed by atoms with Crippen molar-refractivity contribution >= 4 is 10.9 Å². The molecule has 1 aromatic heterocycles. The Morgan fingerprint density at radius 3 is 2.38 bits per heavy atom. The number of ether oxygens (including phenoxy) is 1. The number of aliphatic hydroxyl groups is 1. The van der Waals surface area contributed by atoms with Crippen molar-refractivity contribution in [1.82, 2.24) is 4.98 Å². The average molecular weight is 291 g/mol. The first-order valence-corrected chi connectivity index (χ1v) is 7.78. The minimum Gasteiger partial charge on any atom is -0.396 e.